The van der Waals surface area contributed by atoms with Crippen LogP contribution in [0, 0.1) is 0 Å². The summed E-state index contributed by atoms with van der Waals surface area (Å²) in [6.07, 6.45) is 6.46. The van der Waals surface area contributed by atoms with Gasteiger partial charge in [0.2, 0.25) is 5.91 Å². The van der Waals surface area contributed by atoms with Crippen molar-refractivity contribution < 1.29 is 19.1 Å². The van der Waals surface area contributed by atoms with Gasteiger partial charge in [-0.25, -0.2) is 14.8 Å². The summed E-state index contributed by atoms with van der Waals surface area (Å²) in [4.78, 5) is 34.0. The zero-order valence-corrected chi connectivity index (χ0v) is 28.2. The summed E-state index contributed by atoms with van der Waals surface area (Å²) < 4.78 is 11.8. The van der Waals surface area contributed by atoms with E-state index >= 15 is 0 Å². The molecule has 2 amide bonds. The molecule has 3 fully saturated rings. The lowest BCUT2D eigenvalue weighted by Gasteiger charge is -2.42. The maximum atomic E-state index is 12.9. The van der Waals surface area contributed by atoms with Gasteiger partial charge in [0, 0.05) is 77.9 Å². The van der Waals surface area contributed by atoms with Crippen molar-refractivity contribution in [1.29, 1.82) is 0 Å². The van der Waals surface area contributed by atoms with Gasteiger partial charge in [-0.3, -0.25) is 14.6 Å². The second-order valence-corrected chi connectivity index (χ2v) is 13.3. The second kappa shape index (κ2) is 15.9. The molecule has 4 aliphatic heterocycles. The van der Waals surface area contributed by atoms with Gasteiger partial charge < -0.3 is 19.3 Å². The minimum Gasteiger partial charge on any atom is -0.494 e. The predicted molar refractivity (Wildman–Crippen MR) is 182 cm³/mol. The van der Waals surface area contributed by atoms with E-state index in [1.54, 1.807) is 9.80 Å². The summed E-state index contributed by atoms with van der Waals surface area (Å²) in [5.74, 6) is 0.690. The molecule has 2 aromatic rings. The highest BCUT2D eigenvalue weighted by Gasteiger charge is 2.29. The number of benzene rings is 2. The third-order valence-corrected chi connectivity index (χ3v) is 10.4. The highest BCUT2D eigenvalue weighted by molar-refractivity contribution is 6.43. The Morgan fingerprint density at radius 2 is 1.54 bits per heavy atom. The lowest BCUT2D eigenvalue weighted by Crippen LogP contribution is -2.56. The maximum absolute atomic E-state index is 12.9. The van der Waals surface area contributed by atoms with E-state index in [1.807, 2.05) is 36.4 Å². The summed E-state index contributed by atoms with van der Waals surface area (Å²) in [7, 11) is 0. The Hall–Kier alpha value is -2.76. The Labute approximate surface area is 282 Å². The van der Waals surface area contributed by atoms with Gasteiger partial charge in [-0.05, 0) is 62.4 Å². The predicted octanol–water partition coefficient (Wildman–Crippen LogP) is 5.37. The van der Waals surface area contributed by atoms with E-state index in [9.17, 15) is 9.59 Å². The molecule has 4 aliphatic rings. The average molecular weight is 674 g/mol. The SMILES string of the molecule is O=C(OCN1C(=O)CCc2ccc(OCCCCN3CCN(c4cccc(Cl)c4Cl)CC3)cc21)N1CCN(N2CCCCC2)CC1. The number of piperazine rings is 2. The molecule has 0 atom stereocenters. The number of unbranched alkanes of at least 4 members (excludes halogenated alkanes) is 1. The van der Waals surface area contributed by atoms with E-state index in [2.05, 4.69) is 19.8 Å². The van der Waals surface area contributed by atoms with Gasteiger partial charge in [0.1, 0.15) is 5.75 Å². The molecule has 250 valence electrons. The average Bonchev–Trinajstić information content (AvgIpc) is 3.09. The minimum atomic E-state index is -0.361. The number of amides is 2. The van der Waals surface area contributed by atoms with Crippen LogP contribution in [0.15, 0.2) is 36.4 Å². The summed E-state index contributed by atoms with van der Waals surface area (Å²) in [6, 6.07) is 11.7. The van der Waals surface area contributed by atoms with Crippen LogP contribution in [0.2, 0.25) is 10.0 Å². The molecule has 0 saturated carbocycles. The number of hydrogen-bond donors (Lipinski definition) is 0. The van der Waals surface area contributed by atoms with E-state index in [1.165, 1.54) is 19.3 Å². The molecule has 4 heterocycles. The van der Waals surface area contributed by atoms with Gasteiger partial charge in [0.25, 0.3) is 0 Å². The van der Waals surface area contributed by atoms with Gasteiger partial charge in [-0.1, -0.05) is 41.8 Å². The van der Waals surface area contributed by atoms with Crippen LogP contribution in [0.25, 0.3) is 0 Å². The molecule has 0 aliphatic carbocycles. The van der Waals surface area contributed by atoms with Crippen molar-refractivity contribution in [2.45, 2.75) is 44.9 Å². The molecule has 46 heavy (non-hydrogen) atoms. The van der Waals surface area contributed by atoms with Crippen LogP contribution in [0.4, 0.5) is 16.2 Å². The van der Waals surface area contributed by atoms with Crippen LogP contribution in [0.3, 0.4) is 0 Å². The normalized spacial score (nSPS) is 20.1. The monoisotopic (exact) mass is 672 g/mol. The number of piperidine rings is 1. The van der Waals surface area contributed by atoms with Crippen molar-refractivity contribution in [3.63, 3.8) is 0 Å². The first kappa shape index (κ1) is 33.2. The maximum Gasteiger partial charge on any atom is 0.411 e. The molecule has 0 spiro atoms. The quantitative estimate of drug-likeness (QED) is 0.312. The number of ether oxygens (including phenoxy) is 2. The molecule has 3 saturated heterocycles. The van der Waals surface area contributed by atoms with Crippen molar-refractivity contribution in [2.75, 3.05) is 95.1 Å². The van der Waals surface area contributed by atoms with Crippen LogP contribution >= 0.6 is 23.2 Å². The van der Waals surface area contributed by atoms with Crippen molar-refractivity contribution in [3.05, 3.63) is 52.0 Å². The summed E-state index contributed by atoms with van der Waals surface area (Å²) in [5, 5.41) is 6.02. The number of aryl methyl sites for hydroxylation is 1. The fourth-order valence-electron chi connectivity index (χ4n) is 6.86. The number of anilines is 2. The first-order chi connectivity index (χ1) is 22.5. The van der Waals surface area contributed by atoms with Gasteiger partial charge in [-0.2, -0.15) is 0 Å². The van der Waals surface area contributed by atoms with Crippen molar-refractivity contribution in [2.24, 2.45) is 0 Å². The summed E-state index contributed by atoms with van der Waals surface area (Å²) >= 11 is 12.6. The third kappa shape index (κ3) is 8.20. The molecule has 12 heteroatoms. The van der Waals surface area contributed by atoms with E-state index in [0.29, 0.717) is 42.6 Å². The molecule has 0 N–H and O–H groups in total. The number of carbonyl (C=O) groups excluding carboxylic acids is 2. The number of hydrazine groups is 1. The molecule has 2 aromatic carbocycles. The molecule has 0 bridgehead atoms. The minimum absolute atomic E-state index is 0.0369. The Morgan fingerprint density at radius 1 is 0.783 bits per heavy atom. The van der Waals surface area contributed by atoms with Crippen LogP contribution in [0.1, 0.15) is 44.1 Å². The van der Waals surface area contributed by atoms with Crippen LogP contribution in [0.5, 0.6) is 5.75 Å². The fourth-order valence-corrected chi connectivity index (χ4v) is 7.27. The van der Waals surface area contributed by atoms with E-state index in [0.717, 1.165) is 94.4 Å². The number of hydrogen-bond acceptors (Lipinski definition) is 8. The molecule has 0 unspecified atom stereocenters. The van der Waals surface area contributed by atoms with Crippen LogP contribution in [-0.4, -0.2) is 117 Å². The lowest BCUT2D eigenvalue weighted by atomic mass is 10.0. The Balaban J connectivity index is 0.920. The van der Waals surface area contributed by atoms with E-state index in [4.69, 9.17) is 32.7 Å². The fraction of sp³-hybridized carbons (Fsp3) is 0.588. The Kier molecular flexibility index (Phi) is 11.5. The van der Waals surface area contributed by atoms with E-state index in [-0.39, 0.29) is 18.7 Å². The molecule has 0 aromatic heterocycles. The zero-order chi connectivity index (χ0) is 31.9. The molecule has 6 rings (SSSR count). The molecule has 0 radical (unpaired) electrons. The number of halogens is 2. The first-order valence-corrected chi connectivity index (χ1v) is 17.6. The smallest absolute Gasteiger partial charge is 0.411 e. The van der Waals surface area contributed by atoms with Gasteiger partial charge in [0.15, 0.2) is 6.73 Å². The molecular weight excluding hydrogens is 627 g/mol. The lowest BCUT2D eigenvalue weighted by molar-refractivity contribution is -0.119. The topological polar surface area (TPSA) is 72.0 Å². The number of carbonyl (C=O) groups is 2. The number of rotatable bonds is 10. The molecular formula is C34H46Cl2N6O4. The largest absolute Gasteiger partial charge is 0.494 e. The van der Waals surface area contributed by atoms with Crippen molar-refractivity contribution in [1.82, 2.24) is 19.8 Å². The van der Waals surface area contributed by atoms with Crippen LogP contribution in [-0.2, 0) is 16.0 Å². The molecule has 10 nitrogen and oxygen atoms in total. The number of fused-ring (bicyclic) bond motifs is 1. The highest BCUT2D eigenvalue weighted by Crippen LogP contribution is 2.33. The highest BCUT2D eigenvalue weighted by atomic mass is 35.5. The Bertz CT molecular complexity index is 1340. The summed E-state index contributed by atoms with van der Waals surface area (Å²) in [5.41, 5.74) is 2.85. The zero-order valence-electron chi connectivity index (χ0n) is 26.7. The third-order valence-electron chi connectivity index (χ3n) is 9.60. The number of nitrogens with zero attached hydrogens (tertiary/aromatic N) is 6. The van der Waals surface area contributed by atoms with Crippen LogP contribution < -0.4 is 14.5 Å². The van der Waals surface area contributed by atoms with Crippen molar-refractivity contribution >= 4 is 46.6 Å². The van der Waals surface area contributed by atoms with Crippen molar-refractivity contribution in [3.8, 4) is 5.75 Å². The first-order valence-electron chi connectivity index (χ1n) is 16.9. The Morgan fingerprint density at radius 3 is 2.33 bits per heavy atom. The van der Waals surface area contributed by atoms with E-state index < -0.39 is 0 Å². The van der Waals surface area contributed by atoms with Gasteiger partial charge in [-0.15, -0.1) is 0 Å². The van der Waals surface area contributed by atoms with Gasteiger partial charge in [0.05, 0.1) is 28.0 Å². The summed E-state index contributed by atoms with van der Waals surface area (Å²) in [6.45, 7) is 10.4. The second-order valence-electron chi connectivity index (χ2n) is 12.6. The van der Waals surface area contributed by atoms with Gasteiger partial charge >= 0.3 is 6.09 Å². The standard InChI is InChI=1S/C34H46Cl2N6O4/c35-29-7-6-8-30(33(29)36)38-18-16-37(17-19-38)13-4-5-24-45-28-11-9-27-10-12-32(43)42(31(27)25-28)26-46-34(44)39-20-22-41(23-21-39)40-14-2-1-3-15-40/h6-9,11,25H,1-5,10,12-24,26H2.